The molecule has 7 nitrogen and oxygen atoms in total. The maximum atomic E-state index is 12.3. The smallest absolute Gasteiger partial charge is 0.339 e. The molecule has 0 aliphatic rings. The monoisotopic (exact) mass is 361 g/mol. The first-order chi connectivity index (χ1) is 12.3. The van der Waals surface area contributed by atoms with E-state index < -0.39 is 5.97 Å². The van der Waals surface area contributed by atoms with Crippen LogP contribution in [-0.2, 0) is 17.8 Å². The lowest BCUT2D eigenvalue weighted by atomic mass is 10.1. The molecule has 1 aromatic heterocycles. The number of ether oxygens (including phenoxy) is 2. The molecule has 0 atom stereocenters. The van der Waals surface area contributed by atoms with E-state index in [4.69, 9.17) is 19.0 Å². The lowest BCUT2D eigenvalue weighted by Crippen LogP contribution is -2.26. The zero-order chi connectivity index (χ0) is 19.3. The zero-order valence-electron chi connectivity index (χ0n) is 15.4. The SMILES string of the molecule is COc1ccc(CCC(=O)N(C)Cc2cc(C(=O)O)c(C)o2)cc1OC. The minimum absolute atomic E-state index is 0.0642. The molecule has 0 aliphatic carbocycles. The molecule has 1 N–H and O–H groups in total. The van der Waals surface area contributed by atoms with Crippen molar-refractivity contribution < 1.29 is 28.6 Å². The Bertz CT molecular complexity index is 795. The summed E-state index contributed by atoms with van der Waals surface area (Å²) in [5, 5.41) is 9.05. The van der Waals surface area contributed by atoms with Crippen molar-refractivity contribution in [2.45, 2.75) is 26.3 Å². The summed E-state index contributed by atoms with van der Waals surface area (Å²) in [7, 11) is 4.80. The summed E-state index contributed by atoms with van der Waals surface area (Å²) in [4.78, 5) is 24.9. The van der Waals surface area contributed by atoms with Gasteiger partial charge >= 0.3 is 5.97 Å². The average molecular weight is 361 g/mol. The van der Waals surface area contributed by atoms with Crippen LogP contribution < -0.4 is 9.47 Å². The highest BCUT2D eigenvalue weighted by Gasteiger charge is 2.17. The molecule has 2 aromatic rings. The molecule has 1 amide bonds. The molecule has 140 valence electrons. The van der Waals surface area contributed by atoms with Gasteiger partial charge in [0.15, 0.2) is 11.5 Å². The Balaban J connectivity index is 1.95. The highest BCUT2D eigenvalue weighted by molar-refractivity contribution is 5.88. The van der Waals surface area contributed by atoms with Gasteiger partial charge in [-0.3, -0.25) is 4.79 Å². The van der Waals surface area contributed by atoms with Crippen LogP contribution in [-0.4, -0.2) is 43.2 Å². The van der Waals surface area contributed by atoms with E-state index in [0.717, 1.165) is 5.56 Å². The zero-order valence-corrected chi connectivity index (χ0v) is 15.4. The van der Waals surface area contributed by atoms with Crippen LogP contribution in [0.3, 0.4) is 0 Å². The number of aryl methyl sites for hydroxylation is 2. The number of amides is 1. The highest BCUT2D eigenvalue weighted by Crippen LogP contribution is 2.28. The van der Waals surface area contributed by atoms with Gasteiger partial charge in [0.1, 0.15) is 17.1 Å². The van der Waals surface area contributed by atoms with Crippen molar-refractivity contribution in [1.82, 2.24) is 4.90 Å². The van der Waals surface area contributed by atoms with E-state index in [2.05, 4.69) is 0 Å². The molecular weight excluding hydrogens is 338 g/mol. The van der Waals surface area contributed by atoms with Gasteiger partial charge in [0, 0.05) is 13.5 Å². The predicted molar refractivity (Wildman–Crippen MR) is 94.7 cm³/mol. The minimum Gasteiger partial charge on any atom is -0.493 e. The second kappa shape index (κ2) is 8.42. The fourth-order valence-electron chi connectivity index (χ4n) is 2.63. The number of hydrogen-bond donors (Lipinski definition) is 1. The van der Waals surface area contributed by atoms with Crippen molar-refractivity contribution in [2.75, 3.05) is 21.3 Å². The van der Waals surface area contributed by atoms with Crippen molar-refractivity contribution in [3.05, 3.63) is 46.9 Å². The third-order valence-electron chi connectivity index (χ3n) is 4.09. The first kappa shape index (κ1) is 19.4. The number of carboxylic acids is 1. The number of carbonyl (C=O) groups is 2. The summed E-state index contributed by atoms with van der Waals surface area (Å²) < 4.78 is 15.9. The van der Waals surface area contributed by atoms with E-state index in [9.17, 15) is 9.59 Å². The number of hydrogen-bond acceptors (Lipinski definition) is 5. The van der Waals surface area contributed by atoms with E-state index in [0.29, 0.717) is 35.9 Å². The predicted octanol–water partition coefficient (Wildman–Crippen LogP) is 2.89. The number of carboxylic acid groups (broad SMARTS) is 1. The van der Waals surface area contributed by atoms with Crippen LogP contribution in [0.2, 0.25) is 0 Å². The first-order valence-corrected chi connectivity index (χ1v) is 8.13. The summed E-state index contributed by atoms with van der Waals surface area (Å²) in [6.45, 7) is 1.81. The van der Waals surface area contributed by atoms with E-state index in [1.54, 1.807) is 34.3 Å². The molecular formula is C19H23NO6. The Morgan fingerprint density at radius 1 is 1.15 bits per heavy atom. The summed E-state index contributed by atoms with van der Waals surface area (Å²) in [6, 6.07) is 7.00. The maximum absolute atomic E-state index is 12.3. The van der Waals surface area contributed by atoms with Gasteiger partial charge in [-0.2, -0.15) is 0 Å². The average Bonchev–Trinajstić information content (AvgIpc) is 2.99. The van der Waals surface area contributed by atoms with Gasteiger partial charge in [0.25, 0.3) is 0 Å². The Morgan fingerprint density at radius 2 is 1.85 bits per heavy atom. The van der Waals surface area contributed by atoms with Crippen LogP contribution in [0.25, 0.3) is 0 Å². The van der Waals surface area contributed by atoms with E-state index >= 15 is 0 Å². The third kappa shape index (κ3) is 4.56. The summed E-state index contributed by atoms with van der Waals surface area (Å²) in [6.07, 6.45) is 0.874. The topological polar surface area (TPSA) is 89.2 Å². The molecule has 0 spiro atoms. The van der Waals surface area contributed by atoms with Crippen molar-refractivity contribution in [3.8, 4) is 11.5 Å². The summed E-state index contributed by atoms with van der Waals surface area (Å²) >= 11 is 0. The van der Waals surface area contributed by atoms with Gasteiger partial charge in [-0.1, -0.05) is 6.07 Å². The van der Waals surface area contributed by atoms with Gasteiger partial charge < -0.3 is 23.9 Å². The second-order valence-corrected chi connectivity index (χ2v) is 5.93. The summed E-state index contributed by atoms with van der Waals surface area (Å²) in [5.41, 5.74) is 1.08. The lowest BCUT2D eigenvalue weighted by molar-refractivity contribution is -0.130. The molecule has 1 heterocycles. The largest absolute Gasteiger partial charge is 0.493 e. The Morgan fingerprint density at radius 3 is 2.42 bits per heavy atom. The fourth-order valence-corrected chi connectivity index (χ4v) is 2.63. The number of methoxy groups -OCH3 is 2. The number of aromatic carboxylic acids is 1. The maximum Gasteiger partial charge on any atom is 0.339 e. The molecule has 0 saturated carbocycles. The van der Waals surface area contributed by atoms with Crippen LogP contribution >= 0.6 is 0 Å². The van der Waals surface area contributed by atoms with Crippen LogP contribution in [0, 0.1) is 6.92 Å². The normalized spacial score (nSPS) is 10.5. The van der Waals surface area contributed by atoms with Gasteiger partial charge in [0.2, 0.25) is 5.91 Å². The fraction of sp³-hybridized carbons (Fsp3) is 0.368. The number of nitrogens with zero attached hydrogens (tertiary/aromatic N) is 1. The van der Waals surface area contributed by atoms with Gasteiger partial charge in [-0.25, -0.2) is 4.79 Å². The summed E-state index contributed by atoms with van der Waals surface area (Å²) in [5.74, 6) is 0.936. The van der Waals surface area contributed by atoms with E-state index in [-0.39, 0.29) is 18.0 Å². The molecule has 1 aromatic carbocycles. The van der Waals surface area contributed by atoms with Crippen molar-refractivity contribution >= 4 is 11.9 Å². The van der Waals surface area contributed by atoms with Gasteiger partial charge in [-0.05, 0) is 37.1 Å². The molecule has 7 heteroatoms. The highest BCUT2D eigenvalue weighted by atomic mass is 16.5. The third-order valence-corrected chi connectivity index (χ3v) is 4.09. The molecule has 2 rings (SSSR count). The van der Waals surface area contributed by atoms with Crippen LogP contribution in [0.15, 0.2) is 28.7 Å². The Labute approximate surface area is 152 Å². The molecule has 0 radical (unpaired) electrons. The lowest BCUT2D eigenvalue weighted by Gasteiger charge is -2.16. The first-order valence-electron chi connectivity index (χ1n) is 8.13. The van der Waals surface area contributed by atoms with Crippen LogP contribution in [0.4, 0.5) is 0 Å². The standard InChI is InChI=1S/C19H23NO6/c1-12-15(19(22)23)10-14(26-12)11-20(2)18(21)8-6-13-5-7-16(24-3)17(9-13)25-4/h5,7,9-10H,6,8,11H2,1-4H3,(H,22,23). The van der Waals surface area contributed by atoms with Gasteiger partial charge in [0.05, 0.1) is 20.8 Å². The number of rotatable bonds is 8. The van der Waals surface area contributed by atoms with E-state index in [1.807, 2.05) is 12.1 Å². The molecule has 0 aliphatic heterocycles. The minimum atomic E-state index is -1.04. The van der Waals surface area contributed by atoms with Crippen LogP contribution in [0.5, 0.6) is 11.5 Å². The quantitative estimate of drug-likeness (QED) is 0.778. The molecule has 26 heavy (non-hydrogen) atoms. The Hall–Kier alpha value is -2.96. The van der Waals surface area contributed by atoms with Crippen LogP contribution in [0.1, 0.15) is 33.9 Å². The Kier molecular flexibility index (Phi) is 6.27. The molecule has 0 unspecified atom stereocenters. The van der Waals surface area contributed by atoms with Crippen molar-refractivity contribution in [2.24, 2.45) is 0 Å². The second-order valence-electron chi connectivity index (χ2n) is 5.93. The number of carbonyl (C=O) groups excluding carboxylic acids is 1. The van der Waals surface area contributed by atoms with E-state index in [1.165, 1.54) is 11.0 Å². The van der Waals surface area contributed by atoms with Gasteiger partial charge in [-0.15, -0.1) is 0 Å². The number of furan rings is 1. The number of benzene rings is 1. The molecule has 0 bridgehead atoms. The van der Waals surface area contributed by atoms with Crippen molar-refractivity contribution in [3.63, 3.8) is 0 Å². The van der Waals surface area contributed by atoms with Crippen molar-refractivity contribution in [1.29, 1.82) is 0 Å². The molecule has 0 saturated heterocycles. The molecule has 0 fully saturated rings.